The molecule has 1 amide bonds. The number of benzene rings is 1. The molecule has 0 aromatic heterocycles. The van der Waals surface area contributed by atoms with Crippen molar-refractivity contribution in [3.05, 3.63) is 62.2 Å². The predicted molar refractivity (Wildman–Crippen MR) is 128 cm³/mol. The monoisotopic (exact) mass is 561 g/mol. The van der Waals surface area contributed by atoms with Crippen molar-refractivity contribution in [1.29, 1.82) is 0 Å². The Labute approximate surface area is 206 Å². The molecule has 1 unspecified atom stereocenters. The van der Waals surface area contributed by atoms with Gasteiger partial charge in [0, 0.05) is 16.6 Å². The van der Waals surface area contributed by atoms with Gasteiger partial charge >= 0.3 is 6.09 Å². The summed E-state index contributed by atoms with van der Waals surface area (Å²) < 4.78 is 60.4. The topological polar surface area (TPSA) is 70.7 Å². The zero-order valence-electron chi connectivity index (χ0n) is 18.0. The van der Waals surface area contributed by atoms with E-state index in [9.17, 15) is 27.2 Å². The largest absolute Gasteiger partial charge is 0.442 e. The lowest BCUT2D eigenvalue weighted by molar-refractivity contribution is 0.142. The van der Waals surface area contributed by atoms with Crippen LogP contribution in [0.5, 0.6) is 0 Å². The lowest BCUT2D eigenvalue weighted by atomic mass is 10.1. The van der Waals surface area contributed by atoms with E-state index in [0.717, 1.165) is 22.6 Å². The molecule has 0 bridgehead atoms. The summed E-state index contributed by atoms with van der Waals surface area (Å²) in [6.45, 7) is 3.50. The molecule has 2 aromatic carbocycles. The van der Waals surface area contributed by atoms with Crippen molar-refractivity contribution in [2.75, 3.05) is 23.3 Å². The number of amides is 1. The highest BCUT2D eigenvalue weighted by Gasteiger charge is 2.33. The summed E-state index contributed by atoms with van der Waals surface area (Å²) in [6, 6.07) is 6.22. The highest BCUT2D eigenvalue weighted by Crippen LogP contribution is 2.30. The third-order valence-corrected chi connectivity index (χ3v) is 6.07. The van der Waals surface area contributed by atoms with Crippen LogP contribution in [-0.4, -0.2) is 36.7 Å². The van der Waals surface area contributed by atoms with Gasteiger partial charge in [0.1, 0.15) is 16.8 Å². The Balaban J connectivity index is 1.81. The highest BCUT2D eigenvalue weighted by molar-refractivity contribution is 9.10. The van der Waals surface area contributed by atoms with Crippen LogP contribution in [0, 0.1) is 11.6 Å². The van der Waals surface area contributed by atoms with Gasteiger partial charge in [-0.1, -0.05) is 42.0 Å². The van der Waals surface area contributed by atoms with Crippen molar-refractivity contribution in [2.45, 2.75) is 32.3 Å². The molecular formula is C22H20BrF4N3O3S. The number of cyclic esters (lactones) is 1. The van der Waals surface area contributed by atoms with E-state index in [1.807, 2.05) is 13.8 Å². The quantitative estimate of drug-likeness (QED) is 0.345. The molecule has 6 nitrogen and oxygen atoms in total. The van der Waals surface area contributed by atoms with Crippen LogP contribution in [-0.2, 0) is 4.74 Å². The third kappa shape index (κ3) is 5.84. The minimum absolute atomic E-state index is 0.0418. The van der Waals surface area contributed by atoms with Gasteiger partial charge in [0.25, 0.3) is 6.43 Å². The lowest BCUT2D eigenvalue weighted by Crippen LogP contribution is -2.36. The molecule has 1 fully saturated rings. The summed E-state index contributed by atoms with van der Waals surface area (Å²) in [7, 11) is 0. The summed E-state index contributed by atoms with van der Waals surface area (Å²) in [5.41, 5.74) is -0.463. The summed E-state index contributed by atoms with van der Waals surface area (Å²) in [5.74, 6) is -2.05. The normalized spacial score (nSPS) is 15.6. The number of carbonyl (C=O) groups excluding carboxylic acids is 1. The molecule has 1 saturated heterocycles. The van der Waals surface area contributed by atoms with E-state index < -0.39 is 46.4 Å². The van der Waals surface area contributed by atoms with Crippen molar-refractivity contribution in [3.63, 3.8) is 0 Å². The van der Waals surface area contributed by atoms with E-state index in [1.54, 1.807) is 6.07 Å². The fourth-order valence-corrected chi connectivity index (χ4v) is 4.06. The van der Waals surface area contributed by atoms with Gasteiger partial charge in [-0.15, -0.1) is 0 Å². The number of hydrogen-bond acceptors (Lipinski definition) is 5. The van der Waals surface area contributed by atoms with E-state index in [-0.39, 0.29) is 30.4 Å². The van der Waals surface area contributed by atoms with E-state index >= 15 is 0 Å². The molecule has 182 valence electrons. The number of thiocarbonyl (C=S) groups is 1. The highest BCUT2D eigenvalue weighted by atomic mass is 79.9. The molecule has 0 saturated carbocycles. The van der Waals surface area contributed by atoms with Gasteiger partial charge in [-0.25, -0.2) is 22.4 Å². The molecule has 1 aliphatic heterocycles. The Hall–Kier alpha value is -2.73. The molecule has 2 N–H and O–H groups in total. The van der Waals surface area contributed by atoms with Gasteiger partial charge in [-0.05, 0) is 29.7 Å². The zero-order valence-corrected chi connectivity index (χ0v) is 20.4. The van der Waals surface area contributed by atoms with Gasteiger partial charge in [-0.2, -0.15) is 0 Å². The van der Waals surface area contributed by atoms with Crippen molar-refractivity contribution < 1.29 is 27.1 Å². The molecule has 1 atom stereocenters. The van der Waals surface area contributed by atoms with Crippen molar-refractivity contribution >= 4 is 56.3 Å². The SMILES string of the molecule is CC(C)c1cc(=O)c(Nc2c(F)cc(N3CC(CNC(=S)C(F)F)OC3=O)cc2F)ccc1Br. The molecule has 0 radical (unpaired) electrons. The number of rotatable bonds is 7. The van der Waals surface area contributed by atoms with Gasteiger partial charge in [0.2, 0.25) is 5.43 Å². The fourth-order valence-electron chi connectivity index (χ4n) is 3.27. The fraction of sp³-hybridized carbons (Fsp3) is 0.318. The lowest BCUT2D eigenvalue weighted by Gasteiger charge is -2.16. The standard InChI is InChI=1S/C22H20BrF4N3O3S/c1-10(2)13-7-18(31)17(4-3-14(13)23)29-19-15(24)5-11(6-16(19)25)30-9-12(33-22(30)32)8-28-21(34)20(26)27/h3-7,10,12,20H,8-9H2,1-2H3,(H,28,34)(H,29,31). The minimum Gasteiger partial charge on any atom is -0.442 e. The number of anilines is 3. The van der Waals surface area contributed by atoms with Gasteiger partial charge in [0.15, 0.2) is 11.6 Å². The summed E-state index contributed by atoms with van der Waals surface area (Å²) in [6.07, 6.45) is -4.60. The number of alkyl halides is 2. The number of halogens is 5. The van der Waals surface area contributed by atoms with E-state index in [2.05, 4.69) is 38.8 Å². The first kappa shape index (κ1) is 25.9. The number of nitrogens with zero attached hydrogens (tertiary/aromatic N) is 1. The molecule has 0 spiro atoms. The molecule has 2 aromatic rings. The van der Waals surface area contributed by atoms with Crippen LogP contribution in [0.4, 0.5) is 39.4 Å². The van der Waals surface area contributed by atoms with Crippen molar-refractivity contribution in [3.8, 4) is 0 Å². The van der Waals surface area contributed by atoms with Crippen LogP contribution in [0.15, 0.2) is 39.6 Å². The summed E-state index contributed by atoms with van der Waals surface area (Å²) >= 11 is 7.84. The molecule has 1 aliphatic rings. The Morgan fingerprint density at radius 3 is 2.44 bits per heavy atom. The van der Waals surface area contributed by atoms with Crippen molar-refractivity contribution in [2.24, 2.45) is 0 Å². The second-order valence-corrected chi connectivity index (χ2v) is 9.08. The van der Waals surface area contributed by atoms with Crippen LogP contribution >= 0.6 is 28.1 Å². The number of ether oxygens (including phenoxy) is 1. The van der Waals surface area contributed by atoms with Crippen LogP contribution < -0.4 is 21.0 Å². The maximum atomic E-state index is 14.8. The maximum absolute atomic E-state index is 14.8. The summed E-state index contributed by atoms with van der Waals surface area (Å²) in [5, 5.41) is 4.77. The maximum Gasteiger partial charge on any atom is 0.414 e. The molecule has 34 heavy (non-hydrogen) atoms. The smallest absolute Gasteiger partial charge is 0.414 e. The van der Waals surface area contributed by atoms with Crippen LogP contribution in [0.1, 0.15) is 25.3 Å². The van der Waals surface area contributed by atoms with E-state index in [0.29, 0.717) is 4.47 Å². The van der Waals surface area contributed by atoms with Crippen LogP contribution in [0.25, 0.3) is 0 Å². The van der Waals surface area contributed by atoms with Gasteiger partial charge < -0.3 is 15.4 Å². The first-order valence-corrected chi connectivity index (χ1v) is 11.3. The second kappa shape index (κ2) is 10.7. The van der Waals surface area contributed by atoms with Crippen LogP contribution in [0.2, 0.25) is 0 Å². The Bertz CT molecular complexity index is 1160. The first-order valence-electron chi connectivity index (χ1n) is 10.1. The molecule has 3 rings (SSSR count). The van der Waals surface area contributed by atoms with Gasteiger partial charge in [-0.3, -0.25) is 9.69 Å². The predicted octanol–water partition coefficient (Wildman–Crippen LogP) is 5.46. The Kier molecular flexibility index (Phi) is 8.13. The summed E-state index contributed by atoms with van der Waals surface area (Å²) in [4.78, 5) is 25.0. The average Bonchev–Trinajstić information content (AvgIpc) is 3.07. The molecule has 0 aliphatic carbocycles. The van der Waals surface area contributed by atoms with E-state index in [1.165, 1.54) is 12.1 Å². The second-order valence-electron chi connectivity index (χ2n) is 7.79. The number of carbonyl (C=O) groups is 1. The number of hydrogen-bond donors (Lipinski definition) is 2. The molecule has 1 heterocycles. The van der Waals surface area contributed by atoms with Crippen molar-refractivity contribution in [1.82, 2.24) is 5.32 Å². The zero-order chi connectivity index (χ0) is 25.2. The Morgan fingerprint density at radius 1 is 1.21 bits per heavy atom. The van der Waals surface area contributed by atoms with Crippen LogP contribution in [0.3, 0.4) is 0 Å². The van der Waals surface area contributed by atoms with Gasteiger partial charge in [0.05, 0.1) is 24.5 Å². The Morgan fingerprint density at radius 2 is 1.85 bits per heavy atom. The average molecular weight is 562 g/mol. The third-order valence-electron chi connectivity index (χ3n) is 5.02. The van der Waals surface area contributed by atoms with E-state index in [4.69, 9.17) is 4.74 Å². The molecule has 12 heteroatoms. The number of nitrogens with one attached hydrogen (secondary N) is 2. The molecular weight excluding hydrogens is 542 g/mol. The first-order chi connectivity index (χ1) is 16.0. The minimum atomic E-state index is -2.86.